The summed E-state index contributed by atoms with van der Waals surface area (Å²) in [4.78, 5) is 25.0. The highest BCUT2D eigenvalue weighted by Gasteiger charge is 2.28. The average Bonchev–Trinajstić information content (AvgIpc) is 3.39. The van der Waals surface area contributed by atoms with Crippen molar-refractivity contribution in [2.45, 2.75) is 13.0 Å². The van der Waals surface area contributed by atoms with Gasteiger partial charge >= 0.3 is 5.97 Å². The van der Waals surface area contributed by atoms with Crippen LogP contribution in [0.5, 0.6) is 5.75 Å². The van der Waals surface area contributed by atoms with Crippen molar-refractivity contribution in [3.8, 4) is 5.75 Å². The second-order valence-corrected chi connectivity index (χ2v) is 7.39. The molecule has 1 aromatic carbocycles. The first kappa shape index (κ1) is 19.8. The Labute approximate surface area is 169 Å². The van der Waals surface area contributed by atoms with Crippen LogP contribution in [0, 0.1) is 0 Å². The fourth-order valence-electron chi connectivity index (χ4n) is 2.28. The Hall–Kier alpha value is -2.98. The van der Waals surface area contributed by atoms with Gasteiger partial charge in [0, 0.05) is 5.69 Å². The molecule has 0 spiro atoms. The van der Waals surface area contributed by atoms with E-state index in [0.29, 0.717) is 21.6 Å². The number of carbonyl (C=O) groups excluding carboxylic acids is 2. The highest BCUT2D eigenvalue weighted by Crippen LogP contribution is 2.27. The molecule has 3 rings (SSSR count). The van der Waals surface area contributed by atoms with Crippen molar-refractivity contribution in [2.75, 3.05) is 19.0 Å². The van der Waals surface area contributed by atoms with E-state index >= 15 is 0 Å². The van der Waals surface area contributed by atoms with Gasteiger partial charge in [-0.05, 0) is 42.6 Å². The number of nitrogens with one attached hydrogen (secondary N) is 2. The first-order valence-electron chi connectivity index (χ1n) is 8.36. The lowest BCUT2D eigenvalue weighted by atomic mass is 10.3. The number of benzene rings is 1. The van der Waals surface area contributed by atoms with Crippen LogP contribution in [0.1, 0.15) is 27.6 Å². The van der Waals surface area contributed by atoms with Crippen LogP contribution in [-0.2, 0) is 9.53 Å². The monoisotopic (exact) mass is 418 g/mol. The van der Waals surface area contributed by atoms with E-state index in [2.05, 4.69) is 20.8 Å². The predicted octanol–water partition coefficient (Wildman–Crippen LogP) is 3.39. The van der Waals surface area contributed by atoms with Crippen molar-refractivity contribution in [3.63, 3.8) is 0 Å². The van der Waals surface area contributed by atoms with Crippen LogP contribution in [0.2, 0.25) is 0 Å². The van der Waals surface area contributed by atoms with Gasteiger partial charge in [-0.1, -0.05) is 17.4 Å². The van der Waals surface area contributed by atoms with Crippen LogP contribution in [-0.4, -0.2) is 35.8 Å². The zero-order chi connectivity index (χ0) is 19.9. The van der Waals surface area contributed by atoms with Crippen LogP contribution in [0.3, 0.4) is 0 Å². The third-order valence-electron chi connectivity index (χ3n) is 3.56. The van der Waals surface area contributed by atoms with Gasteiger partial charge in [-0.15, -0.1) is 21.5 Å². The molecule has 28 heavy (non-hydrogen) atoms. The number of aromatic nitrogens is 2. The molecule has 1 amide bonds. The Balaban J connectivity index is 1.72. The molecule has 2 heterocycles. The lowest BCUT2D eigenvalue weighted by Crippen LogP contribution is -2.34. The van der Waals surface area contributed by atoms with Crippen LogP contribution in [0.4, 0.5) is 10.8 Å². The molecule has 0 bridgehead atoms. The molecule has 0 aliphatic carbocycles. The van der Waals surface area contributed by atoms with Gasteiger partial charge in [0.05, 0.1) is 18.6 Å². The molecule has 2 N–H and O–H groups in total. The Morgan fingerprint density at radius 3 is 2.61 bits per heavy atom. The summed E-state index contributed by atoms with van der Waals surface area (Å²) in [6.07, 6.45) is 0. The normalized spacial score (nSPS) is 11.5. The van der Waals surface area contributed by atoms with Gasteiger partial charge in [0.15, 0.2) is 11.0 Å². The number of rotatable bonds is 8. The Bertz CT molecular complexity index is 925. The smallest absolute Gasteiger partial charge is 0.335 e. The van der Waals surface area contributed by atoms with E-state index < -0.39 is 12.0 Å². The van der Waals surface area contributed by atoms with E-state index in [1.807, 2.05) is 31.2 Å². The highest BCUT2D eigenvalue weighted by atomic mass is 32.1. The first-order chi connectivity index (χ1) is 13.6. The second kappa shape index (κ2) is 9.29. The second-order valence-electron chi connectivity index (χ2n) is 5.43. The third-order valence-corrected chi connectivity index (χ3v) is 5.33. The van der Waals surface area contributed by atoms with E-state index in [0.717, 1.165) is 22.8 Å². The molecule has 1 atom stereocenters. The van der Waals surface area contributed by atoms with Crippen molar-refractivity contribution in [3.05, 3.63) is 51.7 Å². The summed E-state index contributed by atoms with van der Waals surface area (Å²) in [6.45, 7) is 2.52. The molecule has 0 saturated carbocycles. The quantitative estimate of drug-likeness (QED) is 0.541. The number of thiophene rings is 1. The van der Waals surface area contributed by atoms with E-state index in [1.54, 1.807) is 17.5 Å². The van der Waals surface area contributed by atoms with Crippen molar-refractivity contribution < 1.29 is 19.1 Å². The topological polar surface area (TPSA) is 102 Å². The van der Waals surface area contributed by atoms with Crippen molar-refractivity contribution >= 4 is 45.4 Å². The first-order valence-corrected chi connectivity index (χ1v) is 10.1. The summed E-state index contributed by atoms with van der Waals surface area (Å²) in [5, 5.41) is 16.4. The number of nitrogens with zero attached hydrogens (tertiary/aromatic N) is 2. The van der Waals surface area contributed by atoms with Gasteiger partial charge < -0.3 is 20.1 Å². The number of anilines is 2. The minimum atomic E-state index is -1.03. The van der Waals surface area contributed by atoms with Crippen LogP contribution >= 0.6 is 22.7 Å². The molecule has 0 fully saturated rings. The summed E-state index contributed by atoms with van der Waals surface area (Å²) >= 11 is 2.44. The maximum absolute atomic E-state index is 12.3. The third kappa shape index (κ3) is 4.84. The van der Waals surface area contributed by atoms with E-state index in [1.165, 1.54) is 18.4 Å². The number of methoxy groups -OCH3 is 1. The summed E-state index contributed by atoms with van der Waals surface area (Å²) < 4.78 is 10.2. The van der Waals surface area contributed by atoms with Gasteiger partial charge in [0.1, 0.15) is 5.75 Å². The van der Waals surface area contributed by atoms with Gasteiger partial charge in [-0.3, -0.25) is 4.79 Å². The molecule has 146 valence electrons. The highest BCUT2D eigenvalue weighted by molar-refractivity contribution is 7.15. The van der Waals surface area contributed by atoms with E-state index in [9.17, 15) is 9.59 Å². The van der Waals surface area contributed by atoms with Gasteiger partial charge in [-0.2, -0.15) is 0 Å². The van der Waals surface area contributed by atoms with Crippen LogP contribution in [0.25, 0.3) is 0 Å². The van der Waals surface area contributed by atoms with Crippen LogP contribution < -0.4 is 15.4 Å². The van der Waals surface area contributed by atoms with Crippen LogP contribution in [0.15, 0.2) is 41.8 Å². The summed E-state index contributed by atoms with van der Waals surface area (Å²) in [7, 11) is 1.26. The number of ether oxygens (including phenoxy) is 2. The number of carbonyl (C=O) groups is 2. The van der Waals surface area contributed by atoms with E-state index in [4.69, 9.17) is 9.47 Å². The largest absolute Gasteiger partial charge is 0.494 e. The number of amides is 1. The molecule has 1 unspecified atom stereocenters. The lowest BCUT2D eigenvalue weighted by molar-refractivity contribution is -0.143. The zero-order valence-electron chi connectivity index (χ0n) is 15.2. The molecule has 2 aromatic heterocycles. The van der Waals surface area contributed by atoms with E-state index in [-0.39, 0.29) is 5.91 Å². The van der Waals surface area contributed by atoms with Gasteiger partial charge in [0.25, 0.3) is 5.91 Å². The molecule has 8 nitrogen and oxygen atoms in total. The Morgan fingerprint density at radius 2 is 1.96 bits per heavy atom. The van der Waals surface area contributed by atoms with Crippen molar-refractivity contribution in [1.29, 1.82) is 0 Å². The molecule has 0 aliphatic rings. The Kier molecular flexibility index (Phi) is 6.56. The zero-order valence-corrected chi connectivity index (χ0v) is 16.8. The average molecular weight is 419 g/mol. The summed E-state index contributed by atoms with van der Waals surface area (Å²) in [5.41, 5.74) is 0.795. The molecule has 3 aromatic rings. The fraction of sp³-hybridized carbons (Fsp3) is 0.222. The molecule has 10 heteroatoms. The SMILES string of the molecule is CCOc1ccc(Nc2nnc(C(NC(=O)c3cccs3)C(=O)OC)s2)cc1. The maximum atomic E-state index is 12.3. The number of hydrogen-bond donors (Lipinski definition) is 2. The lowest BCUT2D eigenvalue weighted by Gasteiger charge is -2.12. The summed E-state index contributed by atoms with van der Waals surface area (Å²) in [6, 6.07) is 9.78. The fourth-order valence-corrected chi connectivity index (χ4v) is 3.71. The molecule has 0 radical (unpaired) electrons. The molecule has 0 saturated heterocycles. The summed E-state index contributed by atoms with van der Waals surface area (Å²) in [5.74, 6) is -0.219. The van der Waals surface area contributed by atoms with Crippen molar-refractivity contribution in [2.24, 2.45) is 0 Å². The predicted molar refractivity (Wildman–Crippen MR) is 107 cm³/mol. The van der Waals surface area contributed by atoms with Gasteiger partial charge in [0.2, 0.25) is 5.13 Å². The molecular formula is C18H18N4O4S2. The van der Waals surface area contributed by atoms with Gasteiger partial charge in [-0.25, -0.2) is 4.79 Å². The molecule has 0 aliphatic heterocycles. The van der Waals surface area contributed by atoms with Crippen molar-refractivity contribution in [1.82, 2.24) is 15.5 Å². The number of hydrogen-bond acceptors (Lipinski definition) is 9. The maximum Gasteiger partial charge on any atom is 0.335 e. The Morgan fingerprint density at radius 1 is 1.18 bits per heavy atom. The minimum absolute atomic E-state index is 0.324. The number of esters is 1. The standard InChI is InChI=1S/C18H18N4O4S2/c1-3-26-12-8-6-11(7-9-12)19-18-22-21-16(28-18)14(17(24)25-2)20-15(23)13-5-4-10-27-13/h4-10,14H,3H2,1-2H3,(H,19,22)(H,20,23). The minimum Gasteiger partial charge on any atom is -0.494 e. The molecular weight excluding hydrogens is 400 g/mol.